The predicted octanol–water partition coefficient (Wildman–Crippen LogP) is -0.607. The first kappa shape index (κ1) is 25.0. The number of hydroxylamine groups is 2. The zero-order valence-electron chi connectivity index (χ0n) is 16.6. The van der Waals surface area contributed by atoms with Gasteiger partial charge in [0.1, 0.15) is 6.10 Å². The summed E-state index contributed by atoms with van der Waals surface area (Å²) < 4.78 is 10.7. The maximum Gasteiger partial charge on any atom is 0.333 e. The summed E-state index contributed by atoms with van der Waals surface area (Å²) in [6.45, 7) is 1.08. The number of unbranched alkanes of at least 4 members (excludes halogenated alkanes) is 1. The molecule has 2 atom stereocenters. The number of nitrogens with one attached hydrogen (secondary N) is 1. The second kappa shape index (κ2) is 14.0. The first-order chi connectivity index (χ1) is 14.0. The minimum atomic E-state index is -0.668. The normalized spacial score (nSPS) is 21.4. The molecule has 2 fully saturated rings. The van der Waals surface area contributed by atoms with Crippen LogP contribution in [0.1, 0.15) is 51.4 Å². The highest BCUT2D eigenvalue weighted by molar-refractivity contribution is 6.01. The summed E-state index contributed by atoms with van der Waals surface area (Å²) in [4.78, 5) is 50.7. The molecule has 0 aliphatic carbocycles. The SMILES string of the molecule is CO.O=C(CCCCC(=O)ON1C(=O)CCC1=O)NCCOC1OCCCC1O. The number of carbonyl (C=O) groups excluding carboxylic acids is 4. The van der Waals surface area contributed by atoms with Crippen LogP contribution in [0.2, 0.25) is 0 Å². The van der Waals surface area contributed by atoms with Crippen molar-refractivity contribution in [3.05, 3.63) is 0 Å². The summed E-state index contributed by atoms with van der Waals surface area (Å²) in [5.74, 6) is -1.87. The summed E-state index contributed by atoms with van der Waals surface area (Å²) in [6.07, 6.45) is 1.40. The van der Waals surface area contributed by atoms with Gasteiger partial charge in [-0.2, -0.15) is 0 Å². The number of ether oxygens (including phenoxy) is 2. The van der Waals surface area contributed by atoms with Crippen LogP contribution in [0.15, 0.2) is 0 Å². The Morgan fingerprint density at radius 3 is 2.48 bits per heavy atom. The Labute approximate surface area is 169 Å². The Morgan fingerprint density at radius 2 is 1.83 bits per heavy atom. The standard InChI is InChI=1S/C17H26N2O8.CH4O/c20-12-4-3-10-25-17(12)26-11-9-18-13(21)5-1-2-6-16(24)27-19-14(22)7-8-15(19)23;1-2/h12,17,20H,1-11H2,(H,18,21);2H,1H3. The van der Waals surface area contributed by atoms with Crippen molar-refractivity contribution >= 4 is 23.7 Å². The van der Waals surface area contributed by atoms with E-state index in [-0.39, 0.29) is 38.2 Å². The van der Waals surface area contributed by atoms with Gasteiger partial charge in [-0.1, -0.05) is 0 Å². The van der Waals surface area contributed by atoms with Gasteiger partial charge >= 0.3 is 5.97 Å². The van der Waals surface area contributed by atoms with Crippen LogP contribution in [0.5, 0.6) is 0 Å². The monoisotopic (exact) mass is 418 g/mol. The molecule has 2 rings (SSSR count). The zero-order valence-corrected chi connectivity index (χ0v) is 16.6. The molecule has 2 aliphatic heterocycles. The molecule has 0 aromatic heterocycles. The van der Waals surface area contributed by atoms with E-state index in [1.807, 2.05) is 0 Å². The summed E-state index contributed by atoms with van der Waals surface area (Å²) in [5.41, 5.74) is 0. The molecule has 166 valence electrons. The molecule has 2 unspecified atom stereocenters. The molecule has 2 saturated heterocycles. The fraction of sp³-hybridized carbons (Fsp3) is 0.778. The number of aliphatic hydroxyl groups is 2. The number of hydrogen-bond acceptors (Lipinski definition) is 9. The van der Waals surface area contributed by atoms with Crippen LogP contribution in [0, 0.1) is 0 Å². The van der Waals surface area contributed by atoms with Gasteiger partial charge in [-0.05, 0) is 25.7 Å². The Hall–Kier alpha value is -2.08. The third-order valence-electron chi connectivity index (χ3n) is 4.18. The van der Waals surface area contributed by atoms with Gasteiger partial charge in [0.25, 0.3) is 11.8 Å². The summed E-state index contributed by atoms with van der Waals surface area (Å²) >= 11 is 0. The van der Waals surface area contributed by atoms with E-state index < -0.39 is 30.2 Å². The highest BCUT2D eigenvalue weighted by Gasteiger charge is 2.32. The topological polar surface area (TPSA) is 152 Å². The van der Waals surface area contributed by atoms with Crippen molar-refractivity contribution in [1.29, 1.82) is 0 Å². The van der Waals surface area contributed by atoms with Gasteiger partial charge in [0, 0.05) is 45.9 Å². The molecule has 11 nitrogen and oxygen atoms in total. The van der Waals surface area contributed by atoms with Crippen LogP contribution in [-0.2, 0) is 33.5 Å². The van der Waals surface area contributed by atoms with Gasteiger partial charge in [-0.3, -0.25) is 14.4 Å². The van der Waals surface area contributed by atoms with Crippen LogP contribution >= 0.6 is 0 Å². The smallest absolute Gasteiger partial charge is 0.333 e. The van der Waals surface area contributed by atoms with Crippen LogP contribution in [0.3, 0.4) is 0 Å². The van der Waals surface area contributed by atoms with Crippen molar-refractivity contribution in [3.8, 4) is 0 Å². The second-order valence-electron chi connectivity index (χ2n) is 6.42. The molecule has 3 amide bonds. The van der Waals surface area contributed by atoms with Crippen molar-refractivity contribution in [2.45, 2.75) is 63.8 Å². The number of rotatable bonds is 10. The quantitative estimate of drug-likeness (QED) is 0.312. The van der Waals surface area contributed by atoms with Crippen molar-refractivity contribution < 1.29 is 43.7 Å². The average molecular weight is 418 g/mol. The van der Waals surface area contributed by atoms with Gasteiger partial charge < -0.3 is 29.8 Å². The molecular weight excluding hydrogens is 388 g/mol. The molecule has 0 spiro atoms. The Bertz CT molecular complexity index is 539. The first-order valence-corrected chi connectivity index (χ1v) is 9.66. The molecule has 2 aliphatic rings. The maximum absolute atomic E-state index is 11.7. The average Bonchev–Trinajstić information content (AvgIpc) is 3.03. The fourth-order valence-electron chi connectivity index (χ4n) is 2.71. The molecular formula is C18H30N2O9. The van der Waals surface area contributed by atoms with E-state index in [1.54, 1.807) is 0 Å². The molecule has 0 bridgehead atoms. The third kappa shape index (κ3) is 9.31. The molecule has 0 radical (unpaired) electrons. The van der Waals surface area contributed by atoms with E-state index in [2.05, 4.69) is 5.32 Å². The number of carbonyl (C=O) groups is 4. The van der Waals surface area contributed by atoms with E-state index in [1.165, 1.54) is 0 Å². The summed E-state index contributed by atoms with van der Waals surface area (Å²) in [6, 6.07) is 0. The van der Waals surface area contributed by atoms with Crippen molar-refractivity contribution in [1.82, 2.24) is 10.4 Å². The lowest BCUT2D eigenvalue weighted by Crippen LogP contribution is -2.38. The van der Waals surface area contributed by atoms with E-state index in [4.69, 9.17) is 19.4 Å². The van der Waals surface area contributed by atoms with Gasteiger partial charge in [-0.25, -0.2) is 4.79 Å². The maximum atomic E-state index is 11.7. The van der Waals surface area contributed by atoms with E-state index in [0.29, 0.717) is 37.5 Å². The first-order valence-electron chi connectivity index (χ1n) is 9.66. The number of nitrogens with zero attached hydrogens (tertiary/aromatic N) is 1. The van der Waals surface area contributed by atoms with Crippen molar-refractivity contribution in [2.24, 2.45) is 0 Å². The summed E-state index contributed by atoms with van der Waals surface area (Å²) in [5, 5.41) is 19.9. The van der Waals surface area contributed by atoms with E-state index in [0.717, 1.165) is 13.5 Å². The lowest BCUT2D eigenvalue weighted by molar-refractivity contribution is -0.213. The van der Waals surface area contributed by atoms with Gasteiger partial charge in [0.05, 0.1) is 6.61 Å². The Kier molecular flexibility index (Phi) is 12.0. The molecule has 0 saturated carbocycles. The third-order valence-corrected chi connectivity index (χ3v) is 4.18. The molecule has 29 heavy (non-hydrogen) atoms. The molecule has 3 N–H and O–H groups in total. The second-order valence-corrected chi connectivity index (χ2v) is 6.42. The highest BCUT2D eigenvalue weighted by atomic mass is 16.7. The number of amides is 3. The Balaban J connectivity index is 0.00000204. The zero-order chi connectivity index (χ0) is 21.6. The lowest BCUT2D eigenvalue weighted by atomic mass is 10.1. The van der Waals surface area contributed by atoms with Gasteiger partial charge in [-0.15, -0.1) is 5.06 Å². The number of imide groups is 1. The minimum absolute atomic E-state index is 0.0182. The molecule has 11 heteroatoms. The minimum Gasteiger partial charge on any atom is -0.400 e. The predicted molar refractivity (Wildman–Crippen MR) is 97.7 cm³/mol. The number of hydrogen-bond donors (Lipinski definition) is 3. The fourth-order valence-corrected chi connectivity index (χ4v) is 2.71. The van der Waals surface area contributed by atoms with Crippen LogP contribution in [-0.4, -0.2) is 78.2 Å². The number of aliphatic hydroxyl groups excluding tert-OH is 2. The van der Waals surface area contributed by atoms with Crippen LogP contribution in [0.25, 0.3) is 0 Å². The van der Waals surface area contributed by atoms with Gasteiger partial charge in [0.2, 0.25) is 5.91 Å². The van der Waals surface area contributed by atoms with E-state index >= 15 is 0 Å². The molecule has 2 heterocycles. The summed E-state index contributed by atoms with van der Waals surface area (Å²) in [7, 11) is 1.00. The molecule has 0 aromatic carbocycles. The van der Waals surface area contributed by atoms with Crippen molar-refractivity contribution in [2.75, 3.05) is 26.9 Å². The largest absolute Gasteiger partial charge is 0.400 e. The lowest BCUT2D eigenvalue weighted by Gasteiger charge is -2.27. The van der Waals surface area contributed by atoms with Crippen molar-refractivity contribution in [3.63, 3.8) is 0 Å². The van der Waals surface area contributed by atoms with Gasteiger partial charge in [0.15, 0.2) is 6.29 Å². The highest BCUT2D eigenvalue weighted by Crippen LogP contribution is 2.15. The molecule has 0 aromatic rings. The Morgan fingerprint density at radius 1 is 1.17 bits per heavy atom. The van der Waals surface area contributed by atoms with Crippen LogP contribution in [0.4, 0.5) is 0 Å². The van der Waals surface area contributed by atoms with E-state index in [9.17, 15) is 24.3 Å². The van der Waals surface area contributed by atoms with Crippen LogP contribution < -0.4 is 5.32 Å².